The number of amides is 1. The highest BCUT2D eigenvalue weighted by atomic mass is 16.5. The van der Waals surface area contributed by atoms with E-state index in [9.17, 15) is 9.90 Å². The number of phenolic OH excluding ortho intramolecular Hbond substituents is 1. The first-order chi connectivity index (χ1) is 13.1. The van der Waals surface area contributed by atoms with Crippen LogP contribution < -0.4 is 0 Å². The van der Waals surface area contributed by atoms with E-state index < -0.39 is 0 Å². The van der Waals surface area contributed by atoms with Gasteiger partial charge in [0.2, 0.25) is 0 Å². The number of carbonyl (C=O) groups excluding carboxylic acids is 1. The predicted octanol–water partition coefficient (Wildman–Crippen LogP) is 2.50. The fraction of sp³-hybridized carbons (Fsp3) is 0.250. The number of hydrogen-bond donors (Lipinski definition) is 1. The Morgan fingerprint density at radius 1 is 1.22 bits per heavy atom. The van der Waals surface area contributed by atoms with Crippen molar-refractivity contribution in [2.24, 2.45) is 12.0 Å². The van der Waals surface area contributed by atoms with E-state index in [0.717, 1.165) is 10.8 Å². The summed E-state index contributed by atoms with van der Waals surface area (Å²) in [5.74, 6) is 0.0231. The van der Waals surface area contributed by atoms with Crippen LogP contribution in [0.1, 0.15) is 16.1 Å². The molecule has 1 N–H and O–H groups in total. The highest BCUT2D eigenvalue weighted by Gasteiger charge is 2.24. The summed E-state index contributed by atoms with van der Waals surface area (Å²) in [7, 11) is 1.72. The van der Waals surface area contributed by atoms with Gasteiger partial charge in [0.25, 0.3) is 5.91 Å². The van der Waals surface area contributed by atoms with Crippen molar-refractivity contribution in [3.63, 3.8) is 0 Å². The van der Waals surface area contributed by atoms with E-state index in [1.165, 1.54) is 4.68 Å². The number of rotatable bonds is 3. The fourth-order valence-corrected chi connectivity index (χ4v) is 3.24. The highest BCUT2D eigenvalue weighted by molar-refractivity contribution is 6.04. The molecule has 27 heavy (non-hydrogen) atoms. The molecule has 0 bridgehead atoms. The molecule has 138 valence electrons. The number of aromatic nitrogens is 2. The van der Waals surface area contributed by atoms with Crippen molar-refractivity contribution in [3.05, 3.63) is 53.9 Å². The Kier molecular flexibility index (Phi) is 4.60. The molecule has 7 heteroatoms. The van der Waals surface area contributed by atoms with E-state index >= 15 is 0 Å². The van der Waals surface area contributed by atoms with Crippen LogP contribution in [-0.2, 0) is 11.8 Å². The Bertz CT molecular complexity index is 1020. The number of phenols is 1. The molecule has 1 aliphatic rings. The van der Waals surface area contributed by atoms with Crippen LogP contribution in [0.25, 0.3) is 10.8 Å². The molecule has 1 aromatic heterocycles. The van der Waals surface area contributed by atoms with Crippen molar-refractivity contribution in [2.75, 3.05) is 26.3 Å². The molecule has 0 unspecified atom stereocenters. The summed E-state index contributed by atoms with van der Waals surface area (Å²) in [5, 5.41) is 16.4. The predicted molar refractivity (Wildman–Crippen MR) is 103 cm³/mol. The molecular weight excluding hydrogens is 344 g/mol. The molecule has 3 aromatic rings. The summed E-state index contributed by atoms with van der Waals surface area (Å²) in [4.78, 5) is 19.1. The summed E-state index contributed by atoms with van der Waals surface area (Å²) < 4.78 is 6.85. The lowest BCUT2D eigenvalue weighted by Crippen LogP contribution is -2.41. The van der Waals surface area contributed by atoms with Crippen LogP contribution in [0, 0.1) is 0 Å². The van der Waals surface area contributed by atoms with Gasteiger partial charge in [-0.05, 0) is 16.8 Å². The molecule has 2 heterocycles. The van der Waals surface area contributed by atoms with E-state index in [-0.39, 0.29) is 11.7 Å². The van der Waals surface area contributed by atoms with Gasteiger partial charge in [0.15, 0.2) is 5.69 Å². The maximum atomic E-state index is 12.9. The van der Waals surface area contributed by atoms with Crippen molar-refractivity contribution >= 4 is 28.6 Å². The summed E-state index contributed by atoms with van der Waals surface area (Å²) in [5.41, 5.74) is 1.51. The Morgan fingerprint density at radius 2 is 2.00 bits per heavy atom. The zero-order valence-electron chi connectivity index (χ0n) is 15.0. The maximum Gasteiger partial charge on any atom is 0.274 e. The van der Waals surface area contributed by atoms with E-state index in [4.69, 9.17) is 4.74 Å². The second-order valence-corrected chi connectivity index (χ2v) is 6.38. The molecule has 7 nitrogen and oxygen atoms in total. The minimum Gasteiger partial charge on any atom is -0.507 e. The zero-order valence-corrected chi connectivity index (χ0v) is 15.0. The molecule has 0 radical (unpaired) electrons. The average Bonchev–Trinajstić information content (AvgIpc) is 3.07. The van der Waals surface area contributed by atoms with Crippen molar-refractivity contribution in [1.82, 2.24) is 14.7 Å². The van der Waals surface area contributed by atoms with Gasteiger partial charge in [0, 0.05) is 31.9 Å². The van der Waals surface area contributed by atoms with Crippen LogP contribution >= 0.6 is 0 Å². The first-order valence-electron chi connectivity index (χ1n) is 8.79. The molecule has 0 spiro atoms. The summed E-state index contributed by atoms with van der Waals surface area (Å²) >= 11 is 0. The van der Waals surface area contributed by atoms with Crippen molar-refractivity contribution < 1.29 is 14.6 Å². The lowest BCUT2D eigenvalue weighted by atomic mass is 10.0. The van der Waals surface area contributed by atoms with Gasteiger partial charge in [-0.2, -0.15) is 5.10 Å². The van der Waals surface area contributed by atoms with E-state index in [1.807, 2.05) is 30.3 Å². The third-order valence-electron chi connectivity index (χ3n) is 4.70. The Balaban J connectivity index is 1.70. The summed E-state index contributed by atoms with van der Waals surface area (Å²) in [6.45, 7) is 2.17. The second-order valence-electron chi connectivity index (χ2n) is 6.38. The quantitative estimate of drug-likeness (QED) is 0.724. The van der Waals surface area contributed by atoms with Crippen LogP contribution in [0.3, 0.4) is 0 Å². The SMILES string of the molecule is Cn1ncc(N=Cc2c(O)ccc3ccccc23)c1C(=O)N1CCOCC1. The van der Waals surface area contributed by atoms with Gasteiger partial charge in [-0.25, -0.2) is 0 Å². The second kappa shape index (κ2) is 7.20. The Hall–Kier alpha value is -3.19. The van der Waals surface area contributed by atoms with Crippen molar-refractivity contribution in [3.8, 4) is 5.75 Å². The van der Waals surface area contributed by atoms with E-state index in [2.05, 4.69) is 10.1 Å². The monoisotopic (exact) mass is 364 g/mol. The molecule has 4 rings (SSSR count). The smallest absolute Gasteiger partial charge is 0.274 e. The third kappa shape index (κ3) is 3.29. The number of hydrogen-bond acceptors (Lipinski definition) is 5. The molecule has 2 aromatic carbocycles. The van der Waals surface area contributed by atoms with Crippen LogP contribution in [0.4, 0.5) is 5.69 Å². The molecule has 0 atom stereocenters. The minimum absolute atomic E-state index is 0.118. The molecule has 1 amide bonds. The molecule has 1 aliphatic heterocycles. The molecule has 0 saturated carbocycles. The molecule has 0 aliphatic carbocycles. The number of fused-ring (bicyclic) bond motifs is 1. The van der Waals surface area contributed by atoms with Gasteiger partial charge < -0.3 is 14.7 Å². The number of aliphatic imine (C=N–C) groups is 1. The fourth-order valence-electron chi connectivity index (χ4n) is 3.24. The van der Waals surface area contributed by atoms with Gasteiger partial charge >= 0.3 is 0 Å². The molecule has 1 saturated heterocycles. The number of nitrogens with zero attached hydrogens (tertiary/aromatic N) is 4. The van der Waals surface area contributed by atoms with E-state index in [1.54, 1.807) is 30.4 Å². The van der Waals surface area contributed by atoms with Crippen LogP contribution in [0.2, 0.25) is 0 Å². The number of aromatic hydroxyl groups is 1. The van der Waals surface area contributed by atoms with Crippen LogP contribution in [0.15, 0.2) is 47.6 Å². The van der Waals surface area contributed by atoms with Crippen molar-refractivity contribution in [1.29, 1.82) is 0 Å². The standard InChI is InChI=1S/C20H20N4O3/c1-23-19(20(26)24-8-10-27-11-9-24)17(13-22-23)21-12-16-15-5-3-2-4-14(15)6-7-18(16)25/h2-7,12-13,25H,8-11H2,1H3. The Labute approximate surface area is 156 Å². The molecular formula is C20H20N4O3. The zero-order chi connectivity index (χ0) is 18.8. The normalized spacial score (nSPS) is 14.9. The maximum absolute atomic E-state index is 12.9. The topological polar surface area (TPSA) is 79.9 Å². The number of benzene rings is 2. The first kappa shape index (κ1) is 17.2. The lowest BCUT2D eigenvalue weighted by Gasteiger charge is -2.26. The third-order valence-corrected chi connectivity index (χ3v) is 4.70. The Morgan fingerprint density at radius 3 is 2.81 bits per heavy atom. The number of carbonyl (C=O) groups is 1. The van der Waals surface area contributed by atoms with Gasteiger partial charge in [-0.1, -0.05) is 30.3 Å². The highest BCUT2D eigenvalue weighted by Crippen LogP contribution is 2.27. The van der Waals surface area contributed by atoms with Crippen LogP contribution in [-0.4, -0.2) is 58.2 Å². The number of ether oxygens (including phenoxy) is 1. The van der Waals surface area contributed by atoms with Gasteiger partial charge in [-0.15, -0.1) is 0 Å². The summed E-state index contributed by atoms with van der Waals surface area (Å²) in [6, 6.07) is 11.3. The first-order valence-corrected chi connectivity index (χ1v) is 8.79. The van der Waals surface area contributed by atoms with E-state index in [0.29, 0.717) is 43.2 Å². The van der Waals surface area contributed by atoms with Gasteiger partial charge in [0.1, 0.15) is 11.4 Å². The largest absolute Gasteiger partial charge is 0.507 e. The summed E-state index contributed by atoms with van der Waals surface area (Å²) in [6.07, 6.45) is 3.15. The lowest BCUT2D eigenvalue weighted by molar-refractivity contribution is 0.0296. The van der Waals surface area contributed by atoms with Crippen LogP contribution in [0.5, 0.6) is 5.75 Å². The van der Waals surface area contributed by atoms with Crippen molar-refractivity contribution in [2.45, 2.75) is 0 Å². The number of aryl methyl sites for hydroxylation is 1. The number of morpholine rings is 1. The minimum atomic E-state index is -0.118. The average molecular weight is 364 g/mol. The molecule has 1 fully saturated rings. The van der Waals surface area contributed by atoms with Gasteiger partial charge in [-0.3, -0.25) is 14.5 Å². The van der Waals surface area contributed by atoms with Gasteiger partial charge in [0.05, 0.1) is 19.4 Å².